The first-order valence-electron chi connectivity index (χ1n) is 4.71. The van der Waals surface area contributed by atoms with Crippen LogP contribution < -0.4 is 5.73 Å². The summed E-state index contributed by atoms with van der Waals surface area (Å²) < 4.78 is 7.41. The molecule has 3 heteroatoms. The Labute approximate surface area is 79.5 Å². The molecule has 0 aliphatic rings. The van der Waals surface area contributed by atoms with Gasteiger partial charge >= 0.3 is 0 Å². The molecule has 0 saturated carbocycles. The van der Waals surface area contributed by atoms with Gasteiger partial charge in [-0.3, -0.25) is 0 Å². The van der Waals surface area contributed by atoms with Crippen LogP contribution in [0, 0.1) is 0 Å². The largest absolute Gasteiger partial charge is 0.361 e. The van der Waals surface area contributed by atoms with Crippen molar-refractivity contribution in [3.8, 4) is 0 Å². The Hall–Kier alpha value is -0.800. The van der Waals surface area contributed by atoms with Crippen molar-refractivity contribution in [3.05, 3.63) is 24.0 Å². The average Bonchev–Trinajstić information content (AvgIpc) is 2.48. The normalized spacial score (nSPS) is 13.2. The van der Waals surface area contributed by atoms with E-state index in [2.05, 4.69) is 10.6 Å². The molecule has 74 valence electrons. The van der Waals surface area contributed by atoms with Gasteiger partial charge in [0.1, 0.15) is 6.73 Å². The van der Waals surface area contributed by atoms with Gasteiger partial charge < -0.3 is 15.0 Å². The van der Waals surface area contributed by atoms with Gasteiger partial charge in [-0.2, -0.15) is 0 Å². The second-order valence-electron chi connectivity index (χ2n) is 3.27. The van der Waals surface area contributed by atoms with Gasteiger partial charge in [0, 0.05) is 31.0 Å². The van der Waals surface area contributed by atoms with Crippen LogP contribution in [0.4, 0.5) is 0 Å². The summed E-state index contributed by atoms with van der Waals surface area (Å²) in [6.45, 7) is 5.38. The summed E-state index contributed by atoms with van der Waals surface area (Å²) in [5, 5.41) is 0. The SMILES string of the molecule is CCOCn1cccc1CC(C)N. The fraction of sp³-hybridized carbons (Fsp3) is 0.600. The van der Waals surface area contributed by atoms with E-state index in [1.165, 1.54) is 5.69 Å². The minimum Gasteiger partial charge on any atom is -0.361 e. The molecule has 0 aromatic carbocycles. The highest BCUT2D eigenvalue weighted by atomic mass is 16.5. The lowest BCUT2D eigenvalue weighted by Crippen LogP contribution is -2.20. The van der Waals surface area contributed by atoms with E-state index in [4.69, 9.17) is 10.5 Å². The monoisotopic (exact) mass is 182 g/mol. The molecule has 1 aromatic rings. The third-order valence-electron chi connectivity index (χ3n) is 1.89. The maximum Gasteiger partial charge on any atom is 0.122 e. The fourth-order valence-corrected chi connectivity index (χ4v) is 1.28. The summed E-state index contributed by atoms with van der Waals surface area (Å²) in [6.07, 6.45) is 2.92. The van der Waals surface area contributed by atoms with E-state index in [9.17, 15) is 0 Å². The van der Waals surface area contributed by atoms with Crippen molar-refractivity contribution in [2.24, 2.45) is 5.73 Å². The molecule has 1 heterocycles. The second kappa shape index (κ2) is 5.04. The van der Waals surface area contributed by atoms with Crippen LogP contribution >= 0.6 is 0 Å². The molecule has 1 rings (SSSR count). The van der Waals surface area contributed by atoms with Crippen molar-refractivity contribution in [1.82, 2.24) is 4.57 Å². The Morgan fingerprint density at radius 1 is 1.62 bits per heavy atom. The van der Waals surface area contributed by atoms with E-state index in [0.29, 0.717) is 6.73 Å². The second-order valence-corrected chi connectivity index (χ2v) is 3.27. The Balaban J connectivity index is 2.55. The molecule has 0 fully saturated rings. The zero-order valence-corrected chi connectivity index (χ0v) is 8.36. The fourth-order valence-electron chi connectivity index (χ4n) is 1.28. The molecular weight excluding hydrogens is 164 g/mol. The standard InChI is InChI=1S/C10H18N2O/c1-3-13-8-12-6-4-5-10(12)7-9(2)11/h4-6,9H,3,7-8,11H2,1-2H3. The van der Waals surface area contributed by atoms with Gasteiger partial charge in [-0.15, -0.1) is 0 Å². The van der Waals surface area contributed by atoms with Crippen LogP contribution in [0.5, 0.6) is 0 Å². The van der Waals surface area contributed by atoms with E-state index in [1.807, 2.05) is 26.1 Å². The molecule has 0 saturated heterocycles. The maximum absolute atomic E-state index is 5.73. The van der Waals surface area contributed by atoms with Crippen molar-refractivity contribution < 1.29 is 4.74 Å². The summed E-state index contributed by atoms with van der Waals surface area (Å²) >= 11 is 0. The number of nitrogens with zero attached hydrogens (tertiary/aromatic N) is 1. The molecular formula is C10H18N2O. The lowest BCUT2D eigenvalue weighted by molar-refractivity contribution is 0.0861. The quantitative estimate of drug-likeness (QED) is 0.747. The lowest BCUT2D eigenvalue weighted by Gasteiger charge is -2.10. The number of hydrogen-bond acceptors (Lipinski definition) is 2. The predicted molar refractivity (Wildman–Crippen MR) is 53.4 cm³/mol. The number of aromatic nitrogens is 1. The Morgan fingerprint density at radius 2 is 2.38 bits per heavy atom. The molecule has 1 atom stereocenters. The van der Waals surface area contributed by atoms with Crippen molar-refractivity contribution in [2.45, 2.75) is 33.0 Å². The van der Waals surface area contributed by atoms with Crippen molar-refractivity contribution in [1.29, 1.82) is 0 Å². The summed E-state index contributed by atoms with van der Waals surface area (Å²) in [6, 6.07) is 4.31. The van der Waals surface area contributed by atoms with Gasteiger partial charge in [0.15, 0.2) is 0 Å². The average molecular weight is 182 g/mol. The third-order valence-corrected chi connectivity index (χ3v) is 1.89. The van der Waals surface area contributed by atoms with Crippen molar-refractivity contribution in [3.63, 3.8) is 0 Å². The van der Waals surface area contributed by atoms with Gasteiger partial charge in [0.2, 0.25) is 0 Å². The molecule has 1 unspecified atom stereocenters. The summed E-state index contributed by atoms with van der Waals surface area (Å²) in [4.78, 5) is 0. The van der Waals surface area contributed by atoms with Gasteiger partial charge in [0.25, 0.3) is 0 Å². The van der Waals surface area contributed by atoms with Crippen LogP contribution in [0.1, 0.15) is 19.5 Å². The van der Waals surface area contributed by atoms with Gasteiger partial charge in [-0.05, 0) is 26.0 Å². The summed E-state index contributed by atoms with van der Waals surface area (Å²) in [5.74, 6) is 0. The van der Waals surface area contributed by atoms with Crippen LogP contribution in [-0.4, -0.2) is 17.2 Å². The number of hydrogen-bond donors (Lipinski definition) is 1. The summed E-state index contributed by atoms with van der Waals surface area (Å²) in [7, 11) is 0. The van der Waals surface area contributed by atoms with E-state index in [0.717, 1.165) is 13.0 Å². The minimum atomic E-state index is 0.204. The first-order valence-corrected chi connectivity index (χ1v) is 4.71. The van der Waals surface area contributed by atoms with Crippen LogP contribution in [0.3, 0.4) is 0 Å². The van der Waals surface area contributed by atoms with E-state index in [1.54, 1.807) is 0 Å². The zero-order chi connectivity index (χ0) is 9.68. The van der Waals surface area contributed by atoms with Gasteiger partial charge in [-0.1, -0.05) is 0 Å². The van der Waals surface area contributed by atoms with E-state index >= 15 is 0 Å². The van der Waals surface area contributed by atoms with Crippen LogP contribution in [0.25, 0.3) is 0 Å². The van der Waals surface area contributed by atoms with Crippen LogP contribution in [-0.2, 0) is 17.9 Å². The number of ether oxygens (including phenoxy) is 1. The van der Waals surface area contributed by atoms with Gasteiger partial charge in [-0.25, -0.2) is 0 Å². The Morgan fingerprint density at radius 3 is 3.00 bits per heavy atom. The number of nitrogens with two attached hydrogens (primary N) is 1. The number of rotatable bonds is 5. The highest BCUT2D eigenvalue weighted by Crippen LogP contribution is 2.05. The molecule has 13 heavy (non-hydrogen) atoms. The maximum atomic E-state index is 5.73. The lowest BCUT2D eigenvalue weighted by atomic mass is 10.2. The smallest absolute Gasteiger partial charge is 0.122 e. The topological polar surface area (TPSA) is 40.2 Å². The third kappa shape index (κ3) is 3.20. The molecule has 0 aliphatic carbocycles. The minimum absolute atomic E-state index is 0.204. The molecule has 0 aliphatic heterocycles. The molecule has 3 nitrogen and oxygen atoms in total. The molecule has 0 radical (unpaired) electrons. The molecule has 0 spiro atoms. The van der Waals surface area contributed by atoms with Gasteiger partial charge in [0.05, 0.1) is 0 Å². The van der Waals surface area contributed by atoms with E-state index < -0.39 is 0 Å². The first kappa shape index (κ1) is 10.3. The summed E-state index contributed by atoms with van der Waals surface area (Å²) in [5.41, 5.74) is 6.97. The van der Waals surface area contributed by atoms with E-state index in [-0.39, 0.29) is 6.04 Å². The zero-order valence-electron chi connectivity index (χ0n) is 8.36. The highest BCUT2D eigenvalue weighted by molar-refractivity contribution is 5.08. The highest BCUT2D eigenvalue weighted by Gasteiger charge is 2.02. The van der Waals surface area contributed by atoms with Crippen molar-refractivity contribution in [2.75, 3.05) is 6.61 Å². The Kier molecular flexibility index (Phi) is 3.99. The molecule has 2 N–H and O–H groups in total. The molecule has 0 amide bonds. The predicted octanol–water partition coefficient (Wildman–Crippen LogP) is 1.37. The van der Waals surface area contributed by atoms with Crippen molar-refractivity contribution >= 4 is 0 Å². The van der Waals surface area contributed by atoms with Crippen LogP contribution in [0.2, 0.25) is 0 Å². The Bertz CT molecular complexity index is 243. The molecule has 0 bridgehead atoms. The molecule has 1 aromatic heterocycles. The van der Waals surface area contributed by atoms with Crippen LogP contribution in [0.15, 0.2) is 18.3 Å². The first-order chi connectivity index (χ1) is 6.24.